The third-order valence-corrected chi connectivity index (χ3v) is 6.97. The van der Waals surface area contributed by atoms with Crippen LogP contribution in [0.1, 0.15) is 64.2 Å². The van der Waals surface area contributed by atoms with Crippen LogP contribution >= 0.6 is 0 Å². The van der Waals surface area contributed by atoms with E-state index in [2.05, 4.69) is 12.2 Å². The first-order valence-electron chi connectivity index (χ1n) is 9.07. The third-order valence-electron chi connectivity index (χ3n) is 6.97. The summed E-state index contributed by atoms with van der Waals surface area (Å²) in [6, 6.07) is 0. The first-order chi connectivity index (χ1) is 9.93. The average Bonchev–Trinajstić information content (AvgIpc) is 2.53. The van der Waals surface area contributed by atoms with Crippen molar-refractivity contribution in [3.8, 4) is 0 Å². The van der Waals surface area contributed by atoms with E-state index in [9.17, 15) is 0 Å². The molecule has 0 amide bonds. The van der Waals surface area contributed by atoms with Crippen LogP contribution in [0.25, 0.3) is 0 Å². The van der Waals surface area contributed by atoms with Crippen LogP contribution in [0.15, 0.2) is 34.4 Å². The van der Waals surface area contributed by atoms with Crippen molar-refractivity contribution in [1.82, 2.24) is 0 Å². The summed E-state index contributed by atoms with van der Waals surface area (Å²) in [6.07, 6.45) is 19.6. The zero-order valence-corrected chi connectivity index (χ0v) is 12.5. The lowest BCUT2D eigenvalue weighted by molar-refractivity contribution is 0.233. The van der Waals surface area contributed by atoms with E-state index in [0.717, 1.165) is 23.7 Å². The standard InChI is InChI=1S/C20H26/c1-2-8-16-15(7-1)17-9-3-5-13-11-12-14-6-4-10-18(16)20(14)19(13)17/h1,7,13-14,16,18H,2-6,8-12H2. The van der Waals surface area contributed by atoms with Crippen molar-refractivity contribution >= 4 is 0 Å². The molecule has 5 aliphatic carbocycles. The molecule has 0 nitrogen and oxygen atoms in total. The lowest BCUT2D eigenvalue weighted by atomic mass is 9.54. The lowest BCUT2D eigenvalue weighted by Crippen LogP contribution is -2.38. The topological polar surface area (TPSA) is 0 Å². The first-order valence-corrected chi connectivity index (χ1v) is 9.07. The molecule has 5 rings (SSSR count). The Kier molecular flexibility index (Phi) is 2.58. The van der Waals surface area contributed by atoms with Crippen LogP contribution in [0.5, 0.6) is 0 Å². The summed E-state index contributed by atoms with van der Waals surface area (Å²) in [7, 11) is 0. The zero-order valence-electron chi connectivity index (χ0n) is 12.5. The molecule has 0 aromatic heterocycles. The number of rotatable bonds is 0. The molecule has 0 radical (unpaired) electrons. The van der Waals surface area contributed by atoms with Gasteiger partial charge in [0.1, 0.15) is 0 Å². The maximum absolute atomic E-state index is 2.54. The molecule has 0 aromatic rings. The average molecular weight is 266 g/mol. The van der Waals surface area contributed by atoms with Gasteiger partial charge < -0.3 is 0 Å². The van der Waals surface area contributed by atoms with Crippen molar-refractivity contribution in [1.29, 1.82) is 0 Å². The Morgan fingerprint density at radius 3 is 2.70 bits per heavy atom. The SMILES string of the molecule is C1=CC2=C3CCCC4CCC5CCCC(C5=C34)C2CC1. The highest BCUT2D eigenvalue weighted by molar-refractivity contribution is 5.53. The van der Waals surface area contributed by atoms with E-state index >= 15 is 0 Å². The Labute approximate surface area is 123 Å². The van der Waals surface area contributed by atoms with Gasteiger partial charge in [0.2, 0.25) is 0 Å². The predicted molar refractivity (Wildman–Crippen MR) is 83.3 cm³/mol. The molecule has 0 heterocycles. The van der Waals surface area contributed by atoms with Crippen LogP contribution in [0.4, 0.5) is 0 Å². The van der Waals surface area contributed by atoms with E-state index in [-0.39, 0.29) is 0 Å². The molecule has 0 spiro atoms. The summed E-state index contributed by atoms with van der Waals surface area (Å²) in [5.41, 5.74) is 7.58. The lowest BCUT2D eigenvalue weighted by Gasteiger charge is -2.51. The Morgan fingerprint density at radius 1 is 0.800 bits per heavy atom. The Morgan fingerprint density at radius 2 is 1.70 bits per heavy atom. The molecule has 0 heteroatoms. The fraction of sp³-hybridized carbons (Fsp3) is 0.700. The Hall–Kier alpha value is -0.780. The van der Waals surface area contributed by atoms with E-state index in [1.807, 2.05) is 16.7 Å². The summed E-state index contributed by atoms with van der Waals surface area (Å²) in [6.45, 7) is 0. The molecule has 0 bridgehead atoms. The predicted octanol–water partition coefficient (Wildman–Crippen LogP) is 5.57. The van der Waals surface area contributed by atoms with Gasteiger partial charge in [0.05, 0.1) is 0 Å². The summed E-state index contributed by atoms with van der Waals surface area (Å²) in [4.78, 5) is 0. The quantitative estimate of drug-likeness (QED) is 0.537. The van der Waals surface area contributed by atoms with Gasteiger partial charge in [0, 0.05) is 0 Å². The monoisotopic (exact) mass is 266 g/mol. The molecule has 20 heavy (non-hydrogen) atoms. The van der Waals surface area contributed by atoms with Crippen molar-refractivity contribution in [2.75, 3.05) is 0 Å². The van der Waals surface area contributed by atoms with E-state index in [0.29, 0.717) is 0 Å². The number of hydrogen-bond acceptors (Lipinski definition) is 0. The fourth-order valence-corrected chi connectivity index (χ4v) is 6.29. The Balaban J connectivity index is 1.75. The minimum atomic E-state index is 0.911. The van der Waals surface area contributed by atoms with Crippen LogP contribution in [0.2, 0.25) is 0 Å². The highest BCUT2D eigenvalue weighted by Crippen LogP contribution is 2.58. The van der Waals surface area contributed by atoms with Gasteiger partial charge in [-0.25, -0.2) is 0 Å². The van der Waals surface area contributed by atoms with Crippen LogP contribution < -0.4 is 0 Å². The molecule has 2 fully saturated rings. The zero-order chi connectivity index (χ0) is 13.1. The maximum atomic E-state index is 2.54. The van der Waals surface area contributed by atoms with E-state index in [4.69, 9.17) is 0 Å². The van der Waals surface area contributed by atoms with Crippen LogP contribution in [-0.2, 0) is 0 Å². The van der Waals surface area contributed by atoms with E-state index in [1.165, 1.54) is 64.2 Å². The maximum Gasteiger partial charge on any atom is -0.00903 e. The number of hydrogen-bond donors (Lipinski definition) is 0. The minimum Gasteiger partial charge on any atom is -0.0842 e. The summed E-state index contributed by atoms with van der Waals surface area (Å²) in [5, 5.41) is 0. The molecule has 0 aliphatic heterocycles. The molecule has 4 atom stereocenters. The van der Waals surface area contributed by atoms with Crippen molar-refractivity contribution in [3.63, 3.8) is 0 Å². The highest BCUT2D eigenvalue weighted by Gasteiger charge is 2.45. The second kappa shape index (κ2) is 4.36. The number of allylic oxidation sites excluding steroid dienone is 6. The van der Waals surface area contributed by atoms with Gasteiger partial charge in [-0.3, -0.25) is 0 Å². The summed E-state index contributed by atoms with van der Waals surface area (Å²) in [5.74, 6) is 3.80. The Bertz CT molecular complexity index is 530. The van der Waals surface area contributed by atoms with Crippen molar-refractivity contribution in [3.05, 3.63) is 34.4 Å². The minimum absolute atomic E-state index is 0.911. The van der Waals surface area contributed by atoms with Crippen molar-refractivity contribution in [2.24, 2.45) is 23.7 Å². The van der Waals surface area contributed by atoms with Crippen LogP contribution in [0, 0.1) is 23.7 Å². The smallest absolute Gasteiger partial charge is 0.00903 e. The fourth-order valence-electron chi connectivity index (χ4n) is 6.29. The molecule has 0 aromatic carbocycles. The summed E-state index contributed by atoms with van der Waals surface area (Å²) < 4.78 is 0. The van der Waals surface area contributed by atoms with Gasteiger partial charge in [0.15, 0.2) is 0 Å². The van der Waals surface area contributed by atoms with Gasteiger partial charge >= 0.3 is 0 Å². The molecule has 0 saturated heterocycles. The molecular weight excluding hydrogens is 240 g/mol. The molecular formula is C20H26. The van der Waals surface area contributed by atoms with Crippen molar-refractivity contribution < 1.29 is 0 Å². The van der Waals surface area contributed by atoms with E-state index in [1.54, 1.807) is 5.57 Å². The highest BCUT2D eigenvalue weighted by atomic mass is 14.5. The normalized spacial score (nSPS) is 42.4. The van der Waals surface area contributed by atoms with Crippen molar-refractivity contribution in [2.45, 2.75) is 64.2 Å². The first kappa shape index (κ1) is 11.8. The largest absolute Gasteiger partial charge is 0.0842 e. The summed E-state index contributed by atoms with van der Waals surface area (Å²) >= 11 is 0. The molecule has 4 unspecified atom stereocenters. The van der Waals surface area contributed by atoms with Gasteiger partial charge in [-0.2, -0.15) is 0 Å². The van der Waals surface area contributed by atoms with Gasteiger partial charge in [-0.05, 0) is 98.2 Å². The molecule has 2 saturated carbocycles. The molecule has 106 valence electrons. The number of fused-ring (bicyclic) bond motifs is 2. The van der Waals surface area contributed by atoms with Crippen LogP contribution in [0.3, 0.4) is 0 Å². The van der Waals surface area contributed by atoms with Gasteiger partial charge in [0.25, 0.3) is 0 Å². The third kappa shape index (κ3) is 1.49. The molecule has 5 aliphatic rings. The van der Waals surface area contributed by atoms with Gasteiger partial charge in [-0.1, -0.05) is 24.1 Å². The van der Waals surface area contributed by atoms with Gasteiger partial charge in [-0.15, -0.1) is 0 Å². The molecule has 0 N–H and O–H groups in total. The van der Waals surface area contributed by atoms with E-state index < -0.39 is 0 Å². The second-order valence-electron chi connectivity index (χ2n) is 7.79. The van der Waals surface area contributed by atoms with Crippen LogP contribution in [-0.4, -0.2) is 0 Å². The second-order valence-corrected chi connectivity index (χ2v) is 7.79.